The number of ether oxygens (including phenoxy) is 1. The molecule has 2 rings (SSSR count). The number of carbonyl (C=O) groups is 1. The van der Waals surface area contributed by atoms with E-state index in [4.69, 9.17) is 4.74 Å². The second kappa shape index (κ2) is 7.14. The van der Waals surface area contributed by atoms with Gasteiger partial charge in [0, 0.05) is 25.2 Å². The zero-order chi connectivity index (χ0) is 14.8. The Bertz CT molecular complexity index is 494. The predicted octanol–water partition coefficient (Wildman–Crippen LogP) is 2.43. The predicted molar refractivity (Wildman–Crippen MR) is 87.0 cm³/mol. The lowest BCUT2D eigenvalue weighted by molar-refractivity contribution is -0.126. The van der Waals surface area contributed by atoms with Crippen LogP contribution in [0.3, 0.4) is 0 Å². The highest BCUT2D eigenvalue weighted by atomic mass is 35.5. The minimum atomic E-state index is -0.246. The lowest BCUT2D eigenvalue weighted by Crippen LogP contribution is -2.50. The van der Waals surface area contributed by atoms with E-state index in [1.807, 2.05) is 45.9 Å². The van der Waals surface area contributed by atoms with Crippen molar-refractivity contribution in [2.75, 3.05) is 13.1 Å². The molecule has 0 bridgehead atoms. The van der Waals surface area contributed by atoms with Crippen molar-refractivity contribution in [1.82, 2.24) is 10.6 Å². The fourth-order valence-corrected chi connectivity index (χ4v) is 2.03. The van der Waals surface area contributed by atoms with Gasteiger partial charge in [-0.1, -0.05) is 12.1 Å². The molecule has 1 amide bonds. The number of halogens is 1. The summed E-state index contributed by atoms with van der Waals surface area (Å²) in [4.78, 5) is 11.9. The number of hydrogen-bond acceptors (Lipinski definition) is 3. The van der Waals surface area contributed by atoms with E-state index in [-0.39, 0.29) is 29.8 Å². The maximum atomic E-state index is 11.9. The molecule has 0 radical (unpaired) electrons. The molecule has 0 atom stereocenters. The van der Waals surface area contributed by atoms with E-state index in [9.17, 15) is 4.79 Å². The monoisotopic (exact) mass is 312 g/mol. The molecule has 1 aromatic carbocycles. The molecule has 21 heavy (non-hydrogen) atoms. The molecule has 1 aliphatic heterocycles. The lowest BCUT2D eigenvalue weighted by atomic mass is 10.0. The van der Waals surface area contributed by atoms with Gasteiger partial charge >= 0.3 is 0 Å². The number of benzene rings is 1. The fourth-order valence-electron chi connectivity index (χ4n) is 2.03. The fraction of sp³-hybridized carbons (Fsp3) is 0.562. The first-order valence-corrected chi connectivity index (χ1v) is 7.12. The average Bonchev–Trinajstić information content (AvgIpc) is 2.23. The molecule has 5 heteroatoms. The molecule has 0 spiro atoms. The Morgan fingerprint density at radius 1 is 1.38 bits per heavy atom. The van der Waals surface area contributed by atoms with Crippen molar-refractivity contribution in [3.05, 3.63) is 29.3 Å². The van der Waals surface area contributed by atoms with Gasteiger partial charge in [-0.3, -0.25) is 4.79 Å². The molecule has 0 unspecified atom stereocenters. The van der Waals surface area contributed by atoms with Gasteiger partial charge in [-0.15, -0.1) is 12.4 Å². The Morgan fingerprint density at radius 2 is 2.05 bits per heavy atom. The van der Waals surface area contributed by atoms with Gasteiger partial charge in [-0.25, -0.2) is 0 Å². The number of aryl methyl sites for hydroxylation is 1. The molecule has 1 saturated heterocycles. The van der Waals surface area contributed by atoms with Crippen LogP contribution in [0.4, 0.5) is 0 Å². The highest BCUT2D eigenvalue weighted by molar-refractivity contribution is 5.85. The van der Waals surface area contributed by atoms with E-state index >= 15 is 0 Å². The van der Waals surface area contributed by atoms with Crippen LogP contribution in [-0.4, -0.2) is 24.6 Å². The summed E-state index contributed by atoms with van der Waals surface area (Å²) in [7, 11) is 0. The molecule has 1 heterocycles. The summed E-state index contributed by atoms with van der Waals surface area (Å²) in [5.74, 6) is 1.09. The highest BCUT2D eigenvalue weighted by Crippen LogP contribution is 2.24. The second-order valence-electron chi connectivity index (χ2n) is 6.40. The van der Waals surface area contributed by atoms with Crippen LogP contribution in [0.2, 0.25) is 0 Å². The average molecular weight is 313 g/mol. The first kappa shape index (κ1) is 17.8. The molecule has 1 fully saturated rings. The molecular weight excluding hydrogens is 288 g/mol. The van der Waals surface area contributed by atoms with E-state index in [0.29, 0.717) is 6.54 Å². The normalized spacial score (nSPS) is 14.9. The molecule has 0 aromatic heterocycles. The standard InChI is InChI=1S/C16H24N2O2.ClH/c1-11-5-6-12(14(7-11)20-16(2,3)4)10-18-15(19)13-8-17-9-13;/h5-7,13,17H,8-10H2,1-4H3,(H,18,19);1H. The summed E-state index contributed by atoms with van der Waals surface area (Å²) in [5, 5.41) is 6.09. The third kappa shape index (κ3) is 5.21. The van der Waals surface area contributed by atoms with Crippen LogP contribution < -0.4 is 15.4 Å². The van der Waals surface area contributed by atoms with Crippen molar-refractivity contribution in [3.8, 4) is 5.75 Å². The smallest absolute Gasteiger partial charge is 0.225 e. The Morgan fingerprint density at radius 3 is 2.57 bits per heavy atom. The van der Waals surface area contributed by atoms with Gasteiger partial charge in [-0.2, -0.15) is 0 Å². The summed E-state index contributed by atoms with van der Waals surface area (Å²) >= 11 is 0. The van der Waals surface area contributed by atoms with Gasteiger partial charge in [0.1, 0.15) is 11.4 Å². The van der Waals surface area contributed by atoms with Gasteiger partial charge < -0.3 is 15.4 Å². The number of rotatable bonds is 4. The summed E-state index contributed by atoms with van der Waals surface area (Å²) in [6, 6.07) is 6.09. The number of nitrogens with one attached hydrogen (secondary N) is 2. The van der Waals surface area contributed by atoms with Gasteiger partial charge in [0.25, 0.3) is 0 Å². The minimum absolute atomic E-state index is 0. The Hall–Kier alpha value is -1.26. The van der Waals surface area contributed by atoms with Gasteiger partial charge in [0.15, 0.2) is 0 Å². The van der Waals surface area contributed by atoms with E-state index in [0.717, 1.165) is 30.0 Å². The second-order valence-corrected chi connectivity index (χ2v) is 6.40. The van der Waals surface area contributed by atoms with E-state index in [1.165, 1.54) is 0 Å². The molecule has 2 N–H and O–H groups in total. The molecule has 1 aromatic rings. The Kier molecular flexibility index (Phi) is 6.05. The van der Waals surface area contributed by atoms with Crippen LogP contribution in [0.25, 0.3) is 0 Å². The van der Waals surface area contributed by atoms with Crippen molar-refractivity contribution >= 4 is 18.3 Å². The quantitative estimate of drug-likeness (QED) is 0.898. The topological polar surface area (TPSA) is 50.4 Å². The summed E-state index contributed by atoms with van der Waals surface area (Å²) in [6.45, 7) is 10.2. The van der Waals surface area contributed by atoms with Crippen LogP contribution in [0, 0.1) is 12.8 Å². The Labute approximate surface area is 133 Å². The highest BCUT2D eigenvalue weighted by Gasteiger charge is 2.24. The van der Waals surface area contributed by atoms with Crippen LogP contribution in [0.1, 0.15) is 31.9 Å². The van der Waals surface area contributed by atoms with Gasteiger partial charge in [-0.05, 0) is 39.3 Å². The molecule has 118 valence electrons. The summed E-state index contributed by atoms with van der Waals surface area (Å²) in [6.07, 6.45) is 0. The lowest BCUT2D eigenvalue weighted by Gasteiger charge is -2.27. The molecule has 4 nitrogen and oxygen atoms in total. The van der Waals surface area contributed by atoms with Gasteiger partial charge in [0.05, 0.1) is 5.92 Å². The largest absolute Gasteiger partial charge is 0.488 e. The summed E-state index contributed by atoms with van der Waals surface area (Å²) < 4.78 is 5.98. The molecule has 0 saturated carbocycles. The number of hydrogen-bond donors (Lipinski definition) is 2. The first-order chi connectivity index (χ1) is 9.35. The van der Waals surface area contributed by atoms with Crippen molar-refractivity contribution in [2.45, 2.75) is 39.8 Å². The third-order valence-electron chi connectivity index (χ3n) is 3.24. The Balaban J connectivity index is 0.00000220. The van der Waals surface area contributed by atoms with E-state index in [2.05, 4.69) is 10.6 Å². The molecule has 1 aliphatic rings. The zero-order valence-electron chi connectivity index (χ0n) is 13.2. The molecular formula is C16H25ClN2O2. The van der Waals surface area contributed by atoms with E-state index in [1.54, 1.807) is 0 Å². The minimum Gasteiger partial charge on any atom is -0.488 e. The maximum absolute atomic E-state index is 11.9. The van der Waals surface area contributed by atoms with E-state index < -0.39 is 0 Å². The third-order valence-corrected chi connectivity index (χ3v) is 3.24. The van der Waals surface area contributed by atoms with Crippen molar-refractivity contribution in [1.29, 1.82) is 0 Å². The van der Waals surface area contributed by atoms with Crippen molar-refractivity contribution < 1.29 is 9.53 Å². The first-order valence-electron chi connectivity index (χ1n) is 7.12. The number of carbonyl (C=O) groups excluding carboxylic acids is 1. The number of amides is 1. The summed E-state index contributed by atoms with van der Waals surface area (Å²) in [5.41, 5.74) is 1.93. The molecule has 0 aliphatic carbocycles. The van der Waals surface area contributed by atoms with Crippen LogP contribution in [-0.2, 0) is 11.3 Å². The SMILES string of the molecule is Cc1ccc(CNC(=O)C2CNC2)c(OC(C)(C)C)c1.Cl. The van der Waals surface area contributed by atoms with Crippen LogP contribution in [0.15, 0.2) is 18.2 Å². The van der Waals surface area contributed by atoms with Gasteiger partial charge in [0.2, 0.25) is 5.91 Å². The van der Waals surface area contributed by atoms with Crippen molar-refractivity contribution in [2.24, 2.45) is 5.92 Å². The zero-order valence-corrected chi connectivity index (χ0v) is 14.0. The van der Waals surface area contributed by atoms with Crippen LogP contribution >= 0.6 is 12.4 Å². The van der Waals surface area contributed by atoms with Crippen LogP contribution in [0.5, 0.6) is 5.75 Å². The maximum Gasteiger partial charge on any atom is 0.225 e. The van der Waals surface area contributed by atoms with Crippen molar-refractivity contribution in [3.63, 3.8) is 0 Å².